The molecule has 2 heterocycles. The maximum absolute atomic E-state index is 13.6. The lowest BCUT2D eigenvalue weighted by molar-refractivity contribution is -0.282. The summed E-state index contributed by atoms with van der Waals surface area (Å²) in [5.41, 5.74) is 5.30. The molecule has 21 nitrogen and oxygen atoms in total. The van der Waals surface area contributed by atoms with E-state index in [1.807, 2.05) is 27.7 Å². The van der Waals surface area contributed by atoms with Crippen molar-refractivity contribution in [1.29, 1.82) is 0 Å². The van der Waals surface area contributed by atoms with E-state index in [1.54, 1.807) is 6.92 Å². The molecule has 2 aliphatic heterocycles. The molecule has 0 aromatic heterocycles. The summed E-state index contributed by atoms with van der Waals surface area (Å²) in [5, 5.41) is 31.4. The van der Waals surface area contributed by atoms with E-state index in [4.69, 9.17) is 48.9 Å². The van der Waals surface area contributed by atoms with Crippen LogP contribution in [0.25, 0.3) is 0 Å². The summed E-state index contributed by atoms with van der Waals surface area (Å²) >= 11 is 0. The number of carbonyl (C=O) groups excluding carboxylic acids is 4. The molecule has 0 bridgehead atoms. The van der Waals surface area contributed by atoms with Crippen molar-refractivity contribution < 1.29 is 113 Å². The highest BCUT2D eigenvalue weighted by molar-refractivity contribution is 7.47. The molecule has 7 N–H and O–H groups in total. The van der Waals surface area contributed by atoms with Crippen molar-refractivity contribution in [3.8, 4) is 5.75 Å². The van der Waals surface area contributed by atoms with Crippen molar-refractivity contribution in [1.82, 2.24) is 5.32 Å². The molecule has 0 saturated carbocycles. The van der Waals surface area contributed by atoms with Gasteiger partial charge in [-0.25, -0.2) is 17.7 Å². The number of phosphoric ester groups is 1. The van der Waals surface area contributed by atoms with Crippen LogP contribution in [0, 0.1) is 46.8 Å². The molecule has 462 valence electrons. The molecule has 2 saturated heterocycles. The Labute approximate surface area is 458 Å². The van der Waals surface area contributed by atoms with Gasteiger partial charge >= 0.3 is 25.7 Å². The fourth-order valence-electron chi connectivity index (χ4n) is 6.99. The zero-order valence-corrected chi connectivity index (χ0v) is 45.4. The molecule has 1 amide bonds. The van der Waals surface area contributed by atoms with Gasteiger partial charge in [0.1, 0.15) is 37.8 Å². The van der Waals surface area contributed by atoms with E-state index in [1.165, 1.54) is 21.0 Å². The highest BCUT2D eigenvalue weighted by Crippen LogP contribution is 2.42. The third-order valence-corrected chi connectivity index (χ3v) is 12.4. The summed E-state index contributed by atoms with van der Waals surface area (Å²) in [4.78, 5) is 54.7. The quantitative estimate of drug-likeness (QED) is 0.00649. The molecule has 5 unspecified atom stereocenters. The van der Waals surface area contributed by atoms with Crippen LogP contribution >= 0.6 is 7.82 Å². The lowest BCUT2D eigenvalue weighted by Crippen LogP contribution is -2.55. The number of aliphatic hydroxyl groups is 3. The second-order valence-electron chi connectivity index (χ2n) is 17.2. The van der Waals surface area contributed by atoms with Gasteiger partial charge in [0.15, 0.2) is 12.6 Å². The first-order chi connectivity index (χ1) is 35.5. The third-order valence-electron chi connectivity index (χ3n) is 11.4. The van der Waals surface area contributed by atoms with Gasteiger partial charge in [-0.15, -0.1) is 0 Å². The summed E-state index contributed by atoms with van der Waals surface area (Å²) in [6.45, 7) is 13.2. The highest BCUT2D eigenvalue weighted by atomic mass is 31.2. The molecule has 0 aliphatic carbocycles. The molecule has 27 heteroatoms. The van der Waals surface area contributed by atoms with Crippen molar-refractivity contribution >= 4 is 31.6 Å². The van der Waals surface area contributed by atoms with Crippen molar-refractivity contribution in [3.63, 3.8) is 0 Å². The van der Waals surface area contributed by atoms with E-state index in [2.05, 4.69) is 19.1 Å². The molecular weight excluding hydrogens is 1070 g/mol. The summed E-state index contributed by atoms with van der Waals surface area (Å²) in [6, 6.07) is 0. The van der Waals surface area contributed by atoms with Crippen LogP contribution in [0.5, 0.6) is 5.75 Å². The van der Waals surface area contributed by atoms with E-state index in [9.17, 15) is 55.9 Å². The Morgan fingerprint density at radius 1 is 0.667 bits per heavy atom. The van der Waals surface area contributed by atoms with Crippen molar-refractivity contribution in [2.24, 2.45) is 23.5 Å². The minimum absolute atomic E-state index is 0. The second-order valence-corrected chi connectivity index (χ2v) is 18.7. The molecule has 0 radical (unpaired) electrons. The molecule has 0 spiro atoms. The van der Waals surface area contributed by atoms with E-state index >= 15 is 0 Å². The Kier molecular flexibility index (Phi) is 46.9. The number of nitrogens with two attached hydrogens (primary N) is 1. The maximum atomic E-state index is 13.6. The van der Waals surface area contributed by atoms with E-state index in [-0.39, 0.29) is 91.9 Å². The van der Waals surface area contributed by atoms with Crippen LogP contribution in [0.1, 0.15) is 148 Å². The number of benzene rings is 1. The third kappa shape index (κ3) is 30.9. The van der Waals surface area contributed by atoms with E-state index in [0.29, 0.717) is 32.4 Å². The first-order valence-electron chi connectivity index (χ1n) is 25.0. The largest absolute Gasteiger partial charge is 0.471 e. The topological polar surface area (TPSA) is 297 Å². The highest BCUT2D eigenvalue weighted by Gasteiger charge is 2.45. The Morgan fingerprint density at radius 3 is 1.65 bits per heavy atom. The number of aliphatic hydroxyl groups excluding tert-OH is 3. The molecule has 1 aromatic carbocycles. The van der Waals surface area contributed by atoms with E-state index in [0.717, 1.165) is 52.1 Å². The minimum Gasteiger partial charge on any atom is -0.463 e. The van der Waals surface area contributed by atoms with Gasteiger partial charge in [0, 0.05) is 71.9 Å². The predicted octanol–water partition coefficient (Wildman–Crippen LogP) is 7.92. The number of carbonyl (C=O) groups is 4. The van der Waals surface area contributed by atoms with Gasteiger partial charge < -0.3 is 69.2 Å². The molecular formula is C51H94F5N2O19P. The van der Waals surface area contributed by atoms with Gasteiger partial charge in [-0.05, 0) is 45.1 Å². The number of halogens is 5. The average Bonchev–Trinajstić information content (AvgIpc) is 3.38. The number of hydrogen-bond acceptors (Lipinski definition) is 19. The van der Waals surface area contributed by atoms with Gasteiger partial charge in [-0.2, -0.15) is 8.78 Å². The van der Waals surface area contributed by atoms with Gasteiger partial charge in [-0.3, -0.25) is 28.2 Å². The van der Waals surface area contributed by atoms with Crippen molar-refractivity contribution in [2.75, 3.05) is 60.5 Å². The number of unbranched alkanes of at least 4 members (excludes halogenated alkanes) is 7. The number of rotatable bonds is 29. The molecule has 3 rings (SSSR count). The fourth-order valence-corrected chi connectivity index (χ4v) is 7.46. The predicted molar refractivity (Wildman–Crippen MR) is 279 cm³/mol. The zero-order valence-electron chi connectivity index (χ0n) is 44.5. The maximum Gasteiger partial charge on any atom is 0.471 e. The number of hydrogen-bond donors (Lipinski definition) is 6. The monoisotopic (exact) mass is 1160 g/mol. The number of phosphoric acid groups is 1. The summed E-state index contributed by atoms with van der Waals surface area (Å²) in [5.74, 6) is -15.8. The molecule has 2 aliphatic rings. The van der Waals surface area contributed by atoms with E-state index < -0.39 is 104 Å². The first-order valence-corrected chi connectivity index (χ1v) is 26.5. The van der Waals surface area contributed by atoms with Crippen molar-refractivity contribution in [3.05, 3.63) is 29.1 Å². The van der Waals surface area contributed by atoms with Gasteiger partial charge in [0.25, 0.3) is 0 Å². The van der Waals surface area contributed by atoms with Crippen LogP contribution in [-0.4, -0.2) is 148 Å². The lowest BCUT2D eigenvalue weighted by Gasteiger charge is -2.43. The standard InChI is InChI=1S/C24H29F5O8.C15H29NO7.C7H18NO4P.C2H6.3CH4/c1-11-12(2)24(36-15(10-34-13(3)30)22(11)35-14(4)31)33-9-7-5-6-8-16(32)37-23-20(28)18(26)17(25)19(27)21(23)29;1-10-13(19)14(20)11(8-17)23-15(10)22-7-5-3-4-6-12(18)16-9-21-2;1-11-13(9,10)12-7-5-3-2-4-6-8;1-2;;;/h11-12,15,22,24H,5-10H2,1-4H3;10-11,13-15,17,19-20H,3-9H2,1-2H3,(H,16,18);2-8H2,1H3,(H,9,10);1-2H3;3*1H4/t11-,12?,15?,22-,24-;10?,11?,13-,14+,15-;;;;;/m11...../s1. The number of methoxy groups -OCH3 is 1. The smallest absolute Gasteiger partial charge is 0.463 e. The normalized spacial score (nSPS) is 23.0. The van der Waals surface area contributed by atoms with Gasteiger partial charge in [0.05, 0.1) is 19.3 Å². The number of amides is 1. The Bertz CT molecular complexity index is 1820. The Hall–Kier alpha value is -3.50. The van der Waals surface area contributed by atoms with Crippen LogP contribution in [0.4, 0.5) is 22.0 Å². The van der Waals surface area contributed by atoms with Crippen LogP contribution < -0.4 is 15.8 Å². The summed E-state index contributed by atoms with van der Waals surface area (Å²) in [7, 11) is -1.09. The second kappa shape index (κ2) is 45.2. The van der Waals surface area contributed by atoms with Crippen LogP contribution in [0.15, 0.2) is 0 Å². The lowest BCUT2D eigenvalue weighted by atomic mass is 9.84. The van der Waals surface area contributed by atoms with Crippen molar-refractivity contribution in [2.45, 2.75) is 191 Å². The summed E-state index contributed by atoms with van der Waals surface area (Å²) in [6.07, 6.45) is 1.56. The zero-order chi connectivity index (χ0) is 57.3. The minimum atomic E-state index is -3.75. The van der Waals surface area contributed by atoms with Gasteiger partial charge in [-0.1, -0.05) is 82.6 Å². The van der Waals surface area contributed by atoms with Crippen LogP contribution in [0.3, 0.4) is 0 Å². The Morgan fingerprint density at radius 2 is 1.15 bits per heavy atom. The molecule has 11 atom stereocenters. The van der Waals surface area contributed by atoms with Gasteiger partial charge in [0.2, 0.25) is 40.7 Å². The SMILES string of the molecule is C.C.C.CC.CC(=O)OCC1O[C@@H](OCCCCCC(=O)Oc2c(F)c(F)c(F)c(F)c2F)C(C)[C@@H](C)[C@H]1OC(C)=O.COCNC(=O)CCCCCO[C@@H]1OC(CO)[C@H](O)[C@H](O)C1C.COP(=O)(O)OCCCCCCN. The summed E-state index contributed by atoms with van der Waals surface area (Å²) < 4.78 is 129. The van der Waals surface area contributed by atoms with Crippen LogP contribution in [-0.2, 0) is 65.9 Å². The fraction of sp³-hybridized carbons (Fsp3) is 0.804. The molecule has 1 aromatic rings. The molecule has 2 fully saturated rings. The Balaban J connectivity index is -0.000000571. The molecule has 78 heavy (non-hydrogen) atoms. The average molecular weight is 1170 g/mol. The number of nitrogens with one attached hydrogen (secondary N) is 1. The number of esters is 3. The first kappa shape index (κ1) is 81.0. The van der Waals surface area contributed by atoms with Crippen LogP contribution in [0.2, 0.25) is 0 Å². The number of ether oxygens (including phenoxy) is 8.